The Labute approximate surface area is 111 Å². The quantitative estimate of drug-likeness (QED) is 0.791. The molecule has 1 heterocycles. The molecule has 0 saturated carbocycles. The zero-order valence-electron chi connectivity index (χ0n) is 10.3. The van der Waals surface area contributed by atoms with Gasteiger partial charge in [-0.25, -0.2) is 4.39 Å². The van der Waals surface area contributed by atoms with Gasteiger partial charge in [-0.05, 0) is 62.0 Å². The van der Waals surface area contributed by atoms with Crippen LogP contribution in [0.4, 0.5) is 4.39 Å². The highest BCUT2D eigenvalue weighted by atomic mass is 79.9. The highest BCUT2D eigenvalue weighted by molar-refractivity contribution is 9.10. The van der Waals surface area contributed by atoms with Crippen LogP contribution in [0.5, 0.6) is 0 Å². The molecule has 1 aliphatic heterocycles. The Morgan fingerprint density at radius 1 is 1.29 bits per heavy atom. The molecule has 17 heavy (non-hydrogen) atoms. The van der Waals surface area contributed by atoms with Crippen LogP contribution in [0.3, 0.4) is 0 Å². The van der Waals surface area contributed by atoms with Gasteiger partial charge in [0.05, 0.1) is 0 Å². The van der Waals surface area contributed by atoms with Crippen LogP contribution in [-0.2, 0) is 6.54 Å². The average molecular weight is 300 g/mol. The molecule has 0 bridgehead atoms. The molecule has 1 aromatic rings. The summed E-state index contributed by atoms with van der Waals surface area (Å²) in [7, 11) is 0. The zero-order valence-corrected chi connectivity index (χ0v) is 11.8. The molecule has 94 valence electrons. The van der Waals surface area contributed by atoms with E-state index in [1.54, 1.807) is 6.07 Å². The second kappa shape index (κ2) is 5.96. The third kappa shape index (κ3) is 4.07. The average Bonchev–Trinajstić information content (AvgIpc) is 2.42. The third-order valence-corrected chi connectivity index (χ3v) is 3.90. The zero-order chi connectivity index (χ0) is 12.3. The van der Waals surface area contributed by atoms with E-state index < -0.39 is 0 Å². The maximum Gasteiger partial charge on any atom is 0.124 e. The van der Waals surface area contributed by atoms with Crippen LogP contribution in [0.1, 0.15) is 31.7 Å². The van der Waals surface area contributed by atoms with Crippen molar-refractivity contribution in [1.82, 2.24) is 4.90 Å². The topological polar surface area (TPSA) is 3.24 Å². The molecular formula is C14H19BrFN. The van der Waals surface area contributed by atoms with Crippen molar-refractivity contribution in [3.8, 4) is 0 Å². The molecule has 0 aliphatic carbocycles. The van der Waals surface area contributed by atoms with Gasteiger partial charge in [0.15, 0.2) is 0 Å². The van der Waals surface area contributed by atoms with Crippen LogP contribution < -0.4 is 0 Å². The molecular weight excluding hydrogens is 281 g/mol. The second-order valence-corrected chi connectivity index (χ2v) is 6.01. The fourth-order valence-electron chi connectivity index (χ4n) is 2.44. The van der Waals surface area contributed by atoms with Crippen LogP contribution in [0.2, 0.25) is 0 Å². The van der Waals surface area contributed by atoms with Gasteiger partial charge < -0.3 is 0 Å². The first-order valence-electron chi connectivity index (χ1n) is 6.31. The number of benzene rings is 1. The maximum absolute atomic E-state index is 13.3. The largest absolute Gasteiger partial charge is 0.299 e. The molecule has 1 saturated heterocycles. The first-order chi connectivity index (χ1) is 8.13. The Morgan fingerprint density at radius 3 is 2.88 bits per heavy atom. The number of hydrogen-bond donors (Lipinski definition) is 0. The number of halogens is 2. The summed E-state index contributed by atoms with van der Waals surface area (Å²) in [6, 6.07) is 5.16. The minimum absolute atomic E-state index is 0.155. The van der Waals surface area contributed by atoms with Gasteiger partial charge >= 0.3 is 0 Å². The van der Waals surface area contributed by atoms with E-state index in [0.29, 0.717) is 0 Å². The summed E-state index contributed by atoms with van der Waals surface area (Å²) < 4.78 is 14.1. The summed E-state index contributed by atoms with van der Waals surface area (Å²) in [6.07, 6.45) is 3.84. The molecule has 0 aromatic heterocycles. The van der Waals surface area contributed by atoms with Gasteiger partial charge in [0.25, 0.3) is 0 Å². The van der Waals surface area contributed by atoms with Crippen molar-refractivity contribution in [2.45, 2.75) is 32.7 Å². The molecule has 1 unspecified atom stereocenters. The molecule has 0 amide bonds. The lowest BCUT2D eigenvalue weighted by atomic mass is 10.0. The van der Waals surface area contributed by atoms with E-state index in [9.17, 15) is 4.39 Å². The Balaban J connectivity index is 1.99. The molecule has 1 aromatic carbocycles. The van der Waals surface area contributed by atoms with E-state index >= 15 is 0 Å². The van der Waals surface area contributed by atoms with Crippen LogP contribution in [-0.4, -0.2) is 18.0 Å². The first kappa shape index (κ1) is 13.0. The molecule has 1 aliphatic rings. The van der Waals surface area contributed by atoms with Crippen molar-refractivity contribution in [2.75, 3.05) is 13.1 Å². The number of nitrogens with zero attached hydrogens (tertiary/aromatic N) is 1. The summed E-state index contributed by atoms with van der Waals surface area (Å²) in [5, 5.41) is 0. The van der Waals surface area contributed by atoms with E-state index in [1.165, 1.54) is 25.3 Å². The Kier molecular flexibility index (Phi) is 4.57. The minimum Gasteiger partial charge on any atom is -0.299 e. The summed E-state index contributed by atoms with van der Waals surface area (Å²) in [5.41, 5.74) is 1.06. The lowest BCUT2D eigenvalue weighted by molar-refractivity contribution is 0.273. The molecule has 1 nitrogen and oxygen atoms in total. The normalized spacial score (nSPS) is 22.4. The lowest BCUT2D eigenvalue weighted by Gasteiger charge is -2.20. The second-order valence-electron chi connectivity index (χ2n) is 5.09. The Bertz CT molecular complexity index is 360. The lowest BCUT2D eigenvalue weighted by Crippen LogP contribution is -2.24. The molecule has 2 rings (SSSR count). The summed E-state index contributed by atoms with van der Waals surface area (Å²) in [4.78, 5) is 2.44. The number of hydrogen-bond acceptors (Lipinski definition) is 1. The SMILES string of the molecule is CC1CCCN(Cc2cc(F)cc(Br)c2)CC1. The molecule has 1 atom stereocenters. The monoisotopic (exact) mass is 299 g/mol. The van der Waals surface area contributed by atoms with Crippen LogP contribution in [0.15, 0.2) is 22.7 Å². The summed E-state index contributed by atoms with van der Waals surface area (Å²) >= 11 is 3.34. The smallest absolute Gasteiger partial charge is 0.124 e. The van der Waals surface area contributed by atoms with E-state index in [2.05, 4.69) is 27.8 Å². The van der Waals surface area contributed by atoms with Crippen molar-refractivity contribution in [1.29, 1.82) is 0 Å². The summed E-state index contributed by atoms with van der Waals surface area (Å²) in [6.45, 7) is 5.46. The fraction of sp³-hybridized carbons (Fsp3) is 0.571. The van der Waals surface area contributed by atoms with Gasteiger partial charge in [0.2, 0.25) is 0 Å². The number of likely N-dealkylation sites (tertiary alicyclic amines) is 1. The van der Waals surface area contributed by atoms with E-state index in [4.69, 9.17) is 0 Å². The van der Waals surface area contributed by atoms with Crippen molar-refractivity contribution >= 4 is 15.9 Å². The van der Waals surface area contributed by atoms with E-state index in [1.807, 2.05) is 6.07 Å². The van der Waals surface area contributed by atoms with Crippen molar-refractivity contribution < 1.29 is 4.39 Å². The van der Waals surface area contributed by atoms with Gasteiger partial charge in [-0.2, -0.15) is 0 Å². The third-order valence-electron chi connectivity index (χ3n) is 3.44. The highest BCUT2D eigenvalue weighted by Crippen LogP contribution is 2.20. The fourth-order valence-corrected chi connectivity index (χ4v) is 2.95. The van der Waals surface area contributed by atoms with Crippen LogP contribution >= 0.6 is 15.9 Å². The van der Waals surface area contributed by atoms with Crippen molar-refractivity contribution in [3.05, 3.63) is 34.1 Å². The van der Waals surface area contributed by atoms with Crippen LogP contribution in [0, 0.1) is 11.7 Å². The van der Waals surface area contributed by atoms with Crippen molar-refractivity contribution in [2.24, 2.45) is 5.92 Å². The molecule has 0 spiro atoms. The van der Waals surface area contributed by atoms with Gasteiger partial charge in [0.1, 0.15) is 5.82 Å². The predicted molar refractivity (Wildman–Crippen MR) is 72.4 cm³/mol. The molecule has 1 fully saturated rings. The number of rotatable bonds is 2. The van der Waals surface area contributed by atoms with Gasteiger partial charge in [-0.15, -0.1) is 0 Å². The molecule has 0 N–H and O–H groups in total. The van der Waals surface area contributed by atoms with Gasteiger partial charge in [-0.1, -0.05) is 22.9 Å². The summed E-state index contributed by atoms with van der Waals surface area (Å²) in [5.74, 6) is 0.678. The predicted octanol–water partition coefficient (Wildman–Crippen LogP) is 4.21. The molecule has 3 heteroatoms. The van der Waals surface area contributed by atoms with Crippen LogP contribution in [0.25, 0.3) is 0 Å². The first-order valence-corrected chi connectivity index (χ1v) is 7.10. The Morgan fingerprint density at radius 2 is 2.12 bits per heavy atom. The van der Waals surface area contributed by atoms with E-state index in [-0.39, 0.29) is 5.82 Å². The van der Waals surface area contributed by atoms with E-state index in [0.717, 1.165) is 35.6 Å². The standard InChI is InChI=1S/C14H19BrFN/c1-11-3-2-5-17(6-4-11)10-12-7-13(15)9-14(16)8-12/h7-9,11H,2-6,10H2,1H3. The molecule has 0 radical (unpaired) electrons. The Hall–Kier alpha value is -0.410. The minimum atomic E-state index is -0.155. The van der Waals surface area contributed by atoms with Gasteiger partial charge in [-0.3, -0.25) is 4.90 Å². The maximum atomic E-state index is 13.3. The van der Waals surface area contributed by atoms with Crippen molar-refractivity contribution in [3.63, 3.8) is 0 Å². The highest BCUT2D eigenvalue weighted by Gasteiger charge is 2.14. The van der Waals surface area contributed by atoms with Gasteiger partial charge in [0, 0.05) is 11.0 Å².